The molecule has 0 radical (unpaired) electrons. The average molecular weight is 825 g/mol. The Kier molecular flexibility index (Phi) is 11.3. The summed E-state index contributed by atoms with van der Waals surface area (Å²) in [6.45, 7) is 6.18. The molecule has 4 aliphatic heterocycles. The molecular formula is C45H48N10O6. The van der Waals surface area contributed by atoms with E-state index in [-0.39, 0.29) is 30.9 Å². The Morgan fingerprint density at radius 1 is 0.836 bits per heavy atom. The molecule has 6 heterocycles. The molecule has 2 aromatic heterocycles. The predicted molar refractivity (Wildman–Crippen MR) is 224 cm³/mol. The SMILES string of the molecule is N#Cc1ccc(O[C@H]2CC[C@H](NC(=O)c3ccc(N4CCC(CCN5CCN(c6ccc7c(c6)C(=O)N(C6CCC(=O)NC6=O)C7=O)CC5)CC4)nn3)CC2)c2cccnc12. The number of benzene rings is 2. The number of nitrogens with zero attached hydrogens (tertiary/aromatic N) is 8. The maximum atomic E-state index is 13.3. The van der Waals surface area contributed by atoms with Crippen molar-refractivity contribution < 1.29 is 28.7 Å². The van der Waals surface area contributed by atoms with Crippen molar-refractivity contribution in [3.05, 3.63) is 83.2 Å². The van der Waals surface area contributed by atoms with Gasteiger partial charge in [0.2, 0.25) is 11.8 Å². The van der Waals surface area contributed by atoms with Crippen molar-refractivity contribution in [3.63, 3.8) is 0 Å². The van der Waals surface area contributed by atoms with Gasteiger partial charge in [0, 0.05) is 69.0 Å². The van der Waals surface area contributed by atoms with Crippen molar-refractivity contribution in [2.24, 2.45) is 5.92 Å². The van der Waals surface area contributed by atoms with Crippen LogP contribution in [0.4, 0.5) is 11.5 Å². The van der Waals surface area contributed by atoms with E-state index in [1.54, 1.807) is 30.5 Å². The molecule has 61 heavy (non-hydrogen) atoms. The molecule has 2 aromatic carbocycles. The lowest BCUT2D eigenvalue weighted by Gasteiger charge is -2.38. The monoisotopic (exact) mass is 824 g/mol. The van der Waals surface area contributed by atoms with E-state index in [9.17, 15) is 29.2 Å². The molecule has 16 nitrogen and oxygen atoms in total. The maximum absolute atomic E-state index is 13.3. The summed E-state index contributed by atoms with van der Waals surface area (Å²) < 4.78 is 6.35. The van der Waals surface area contributed by atoms with Crippen LogP contribution in [-0.2, 0) is 9.59 Å². The molecule has 5 aliphatic rings. The number of aromatic nitrogens is 3. The summed E-state index contributed by atoms with van der Waals surface area (Å²) in [4.78, 5) is 75.9. The van der Waals surface area contributed by atoms with Crippen LogP contribution in [0.1, 0.15) is 94.6 Å². The smallest absolute Gasteiger partial charge is 0.272 e. The summed E-state index contributed by atoms with van der Waals surface area (Å²) in [5.41, 5.74) is 2.95. The van der Waals surface area contributed by atoms with Crippen molar-refractivity contribution in [1.29, 1.82) is 5.26 Å². The zero-order valence-electron chi connectivity index (χ0n) is 33.9. The number of fused-ring (bicyclic) bond motifs is 2. The highest BCUT2D eigenvalue weighted by Crippen LogP contribution is 2.33. The molecule has 0 spiro atoms. The van der Waals surface area contributed by atoms with Crippen LogP contribution >= 0.6 is 0 Å². The van der Waals surface area contributed by atoms with E-state index in [0.717, 1.165) is 118 Å². The number of nitrogens with one attached hydrogen (secondary N) is 2. The van der Waals surface area contributed by atoms with Crippen molar-refractivity contribution in [3.8, 4) is 11.8 Å². The number of piperidine rings is 2. The Labute approximate surface area is 353 Å². The first-order chi connectivity index (χ1) is 29.7. The van der Waals surface area contributed by atoms with Gasteiger partial charge in [-0.05, 0) is 118 Å². The average Bonchev–Trinajstić information content (AvgIpc) is 3.54. The number of imide groups is 2. The van der Waals surface area contributed by atoms with E-state index in [1.165, 1.54) is 0 Å². The summed E-state index contributed by atoms with van der Waals surface area (Å²) >= 11 is 0. The summed E-state index contributed by atoms with van der Waals surface area (Å²) in [5.74, 6) is -0.0744. The molecule has 3 saturated heterocycles. The fourth-order valence-electron chi connectivity index (χ4n) is 9.42. The molecule has 4 aromatic rings. The third-order valence-electron chi connectivity index (χ3n) is 13.0. The lowest BCUT2D eigenvalue weighted by Crippen LogP contribution is -2.54. The summed E-state index contributed by atoms with van der Waals surface area (Å²) in [7, 11) is 0. The molecule has 2 N–H and O–H groups in total. The minimum Gasteiger partial charge on any atom is -0.490 e. The van der Waals surface area contributed by atoms with E-state index < -0.39 is 29.7 Å². The van der Waals surface area contributed by atoms with Crippen LogP contribution in [0.15, 0.2) is 60.8 Å². The standard InChI is InChI=1S/C45H48N10O6/c46-27-29-3-12-38(34-2-1-18-47-41(29)34)61-32-7-4-30(5-8-32)48-42(57)36-10-13-39(51-50-36)54-20-16-28(17-21-54)15-19-52-22-24-53(25-23-52)31-6-9-33-35(26-31)45(60)55(44(33)59)37-11-14-40(56)49-43(37)58/h1-3,6,9-10,12-13,18,26,28,30,32,37H,4-5,7-8,11,14-17,19-25H2,(H,48,57)(H,49,56,58)/t30-,32-,37?. The van der Waals surface area contributed by atoms with Crippen molar-refractivity contribution in [1.82, 2.24) is 35.6 Å². The van der Waals surface area contributed by atoms with Crippen LogP contribution in [0.2, 0.25) is 0 Å². The molecule has 1 saturated carbocycles. The van der Waals surface area contributed by atoms with Gasteiger partial charge in [0.1, 0.15) is 17.9 Å². The number of hydrogen-bond acceptors (Lipinski definition) is 13. The Hall–Kier alpha value is -6.47. The Balaban J connectivity index is 0.684. The predicted octanol–water partition coefficient (Wildman–Crippen LogP) is 3.85. The van der Waals surface area contributed by atoms with Gasteiger partial charge < -0.3 is 19.9 Å². The van der Waals surface area contributed by atoms with Gasteiger partial charge in [-0.1, -0.05) is 0 Å². The Morgan fingerprint density at radius 2 is 1.62 bits per heavy atom. The molecule has 9 rings (SSSR count). The van der Waals surface area contributed by atoms with Gasteiger partial charge in [0.25, 0.3) is 17.7 Å². The fourth-order valence-corrected chi connectivity index (χ4v) is 9.42. The van der Waals surface area contributed by atoms with Crippen LogP contribution in [0.25, 0.3) is 10.9 Å². The van der Waals surface area contributed by atoms with Gasteiger partial charge in [0.05, 0.1) is 28.3 Å². The summed E-state index contributed by atoms with van der Waals surface area (Å²) in [5, 5.41) is 24.4. The van der Waals surface area contributed by atoms with Crippen molar-refractivity contribution in [2.45, 2.75) is 76.0 Å². The first-order valence-corrected chi connectivity index (χ1v) is 21.4. The molecule has 5 amide bonds. The summed E-state index contributed by atoms with van der Waals surface area (Å²) in [6, 6.07) is 17.6. The zero-order chi connectivity index (χ0) is 42.0. The van der Waals surface area contributed by atoms with Gasteiger partial charge >= 0.3 is 0 Å². The number of anilines is 2. The van der Waals surface area contributed by atoms with Gasteiger partial charge in [-0.25, -0.2) is 0 Å². The van der Waals surface area contributed by atoms with E-state index in [2.05, 4.69) is 46.6 Å². The second-order valence-electron chi connectivity index (χ2n) is 16.7. The molecule has 1 atom stereocenters. The van der Waals surface area contributed by atoms with Gasteiger partial charge in [-0.3, -0.25) is 44.1 Å². The highest BCUT2D eigenvalue weighted by atomic mass is 16.5. The minimum atomic E-state index is -0.974. The van der Waals surface area contributed by atoms with Crippen LogP contribution < -0.4 is 25.2 Å². The quantitative estimate of drug-likeness (QED) is 0.219. The van der Waals surface area contributed by atoms with Crippen LogP contribution in [0, 0.1) is 17.2 Å². The number of carbonyl (C=O) groups excluding carboxylic acids is 5. The number of carbonyl (C=O) groups is 5. The number of piperazine rings is 1. The first kappa shape index (κ1) is 40.0. The molecule has 0 bridgehead atoms. The van der Waals surface area contributed by atoms with E-state index in [4.69, 9.17) is 4.74 Å². The number of amides is 5. The summed E-state index contributed by atoms with van der Waals surface area (Å²) in [6.07, 6.45) is 8.33. The van der Waals surface area contributed by atoms with Crippen LogP contribution in [0.5, 0.6) is 5.75 Å². The Morgan fingerprint density at radius 3 is 2.36 bits per heavy atom. The lowest BCUT2D eigenvalue weighted by atomic mass is 9.92. The molecular weight excluding hydrogens is 777 g/mol. The molecule has 4 fully saturated rings. The molecule has 16 heteroatoms. The van der Waals surface area contributed by atoms with Gasteiger partial charge in [-0.15, -0.1) is 10.2 Å². The largest absolute Gasteiger partial charge is 0.490 e. The highest BCUT2D eigenvalue weighted by molar-refractivity contribution is 6.23. The third kappa shape index (κ3) is 8.34. The molecule has 314 valence electrons. The zero-order valence-corrected chi connectivity index (χ0v) is 33.9. The molecule has 1 unspecified atom stereocenters. The normalized spacial score (nSPS) is 22.5. The van der Waals surface area contributed by atoms with Crippen molar-refractivity contribution in [2.75, 3.05) is 55.6 Å². The van der Waals surface area contributed by atoms with E-state index in [0.29, 0.717) is 33.8 Å². The number of pyridine rings is 1. The molecule has 1 aliphatic carbocycles. The van der Waals surface area contributed by atoms with Gasteiger partial charge in [-0.2, -0.15) is 5.26 Å². The first-order valence-electron chi connectivity index (χ1n) is 21.4. The minimum absolute atomic E-state index is 0.0147. The maximum Gasteiger partial charge on any atom is 0.272 e. The Bertz CT molecular complexity index is 2390. The fraction of sp³-hybridized carbons (Fsp3) is 0.444. The highest BCUT2D eigenvalue weighted by Gasteiger charge is 2.45. The number of ether oxygens (including phenoxy) is 1. The van der Waals surface area contributed by atoms with Crippen molar-refractivity contribution >= 4 is 51.9 Å². The third-order valence-corrected chi connectivity index (χ3v) is 13.0. The number of rotatable bonds is 10. The second-order valence-corrected chi connectivity index (χ2v) is 16.7. The number of nitriles is 1. The number of hydrogen-bond donors (Lipinski definition) is 2. The van der Waals surface area contributed by atoms with Crippen LogP contribution in [0.3, 0.4) is 0 Å². The van der Waals surface area contributed by atoms with E-state index in [1.807, 2.05) is 30.3 Å². The van der Waals surface area contributed by atoms with E-state index >= 15 is 0 Å². The topological polar surface area (TPSA) is 194 Å². The second kappa shape index (κ2) is 17.3. The van der Waals surface area contributed by atoms with Gasteiger partial charge in [0.15, 0.2) is 11.5 Å². The van der Waals surface area contributed by atoms with Crippen LogP contribution in [-0.4, -0.2) is 119 Å². The lowest BCUT2D eigenvalue weighted by molar-refractivity contribution is -0.136.